The van der Waals surface area contributed by atoms with Crippen LogP contribution in [0.25, 0.3) is 0 Å². The molecule has 1 atom stereocenters. The Labute approximate surface area is 132 Å². The highest BCUT2D eigenvalue weighted by Gasteiger charge is 2.07. The number of hydrogen-bond acceptors (Lipinski definition) is 4. The molecule has 1 aliphatic rings. The lowest BCUT2D eigenvalue weighted by Gasteiger charge is -2.21. The second-order valence-corrected chi connectivity index (χ2v) is 6.27. The predicted octanol–water partition coefficient (Wildman–Crippen LogP) is 1.87. The van der Waals surface area contributed by atoms with E-state index in [0.717, 1.165) is 45.8 Å². The van der Waals surface area contributed by atoms with Crippen molar-refractivity contribution in [1.82, 2.24) is 21.3 Å². The summed E-state index contributed by atoms with van der Waals surface area (Å²) in [5.74, 6) is 0. The first-order chi connectivity index (χ1) is 10.4. The predicted molar refractivity (Wildman–Crippen MR) is 93.0 cm³/mol. The van der Waals surface area contributed by atoms with E-state index >= 15 is 0 Å². The summed E-state index contributed by atoms with van der Waals surface area (Å²) in [6.07, 6.45) is 11.1. The summed E-state index contributed by atoms with van der Waals surface area (Å²) in [4.78, 5) is 0. The van der Waals surface area contributed by atoms with E-state index in [4.69, 9.17) is 0 Å². The van der Waals surface area contributed by atoms with E-state index in [-0.39, 0.29) is 0 Å². The molecular weight excluding hydrogens is 260 g/mol. The molecule has 1 heterocycles. The van der Waals surface area contributed by atoms with Gasteiger partial charge in [0.15, 0.2) is 0 Å². The summed E-state index contributed by atoms with van der Waals surface area (Å²) >= 11 is 0. The minimum absolute atomic E-state index is 0.641. The standard InChI is InChI=1S/C17H38N4/c1-2-3-4-5-6-7-8-9-17-16-20-13-12-18-10-11-19-14-15-21-17/h17-21H,2-16H2,1H3. The van der Waals surface area contributed by atoms with Crippen molar-refractivity contribution in [2.45, 2.75) is 64.3 Å². The molecule has 0 aromatic rings. The summed E-state index contributed by atoms with van der Waals surface area (Å²) in [5, 5.41) is 14.2. The van der Waals surface area contributed by atoms with Gasteiger partial charge < -0.3 is 21.3 Å². The van der Waals surface area contributed by atoms with Crippen molar-refractivity contribution in [3.63, 3.8) is 0 Å². The Morgan fingerprint density at radius 1 is 0.667 bits per heavy atom. The fourth-order valence-electron chi connectivity index (χ4n) is 2.87. The maximum Gasteiger partial charge on any atom is 0.0193 e. The van der Waals surface area contributed by atoms with Crippen molar-refractivity contribution in [2.24, 2.45) is 0 Å². The maximum atomic E-state index is 3.70. The van der Waals surface area contributed by atoms with Gasteiger partial charge in [-0.3, -0.25) is 0 Å². The first-order valence-corrected chi connectivity index (χ1v) is 9.29. The topological polar surface area (TPSA) is 48.1 Å². The van der Waals surface area contributed by atoms with Gasteiger partial charge in [-0.15, -0.1) is 0 Å². The Morgan fingerprint density at radius 2 is 1.24 bits per heavy atom. The summed E-state index contributed by atoms with van der Waals surface area (Å²) in [6, 6.07) is 0.641. The molecule has 0 saturated carbocycles. The van der Waals surface area contributed by atoms with Gasteiger partial charge in [0.2, 0.25) is 0 Å². The molecule has 21 heavy (non-hydrogen) atoms. The molecule has 1 aliphatic heterocycles. The van der Waals surface area contributed by atoms with Crippen LogP contribution < -0.4 is 21.3 Å². The van der Waals surface area contributed by atoms with Gasteiger partial charge in [0.25, 0.3) is 0 Å². The Hall–Kier alpha value is -0.160. The van der Waals surface area contributed by atoms with Crippen molar-refractivity contribution in [3.05, 3.63) is 0 Å². The van der Waals surface area contributed by atoms with Crippen LogP contribution in [0, 0.1) is 0 Å². The van der Waals surface area contributed by atoms with E-state index in [1.54, 1.807) is 0 Å². The summed E-state index contributed by atoms with van der Waals surface area (Å²) in [5.41, 5.74) is 0. The lowest BCUT2D eigenvalue weighted by molar-refractivity contribution is 0.417. The van der Waals surface area contributed by atoms with Crippen LogP contribution in [0.15, 0.2) is 0 Å². The lowest BCUT2D eigenvalue weighted by Crippen LogP contribution is -2.45. The van der Waals surface area contributed by atoms with Gasteiger partial charge in [-0.1, -0.05) is 51.9 Å². The average molecular weight is 299 g/mol. The highest BCUT2D eigenvalue weighted by atomic mass is 15.0. The zero-order valence-corrected chi connectivity index (χ0v) is 14.2. The van der Waals surface area contributed by atoms with E-state index in [1.165, 1.54) is 51.4 Å². The van der Waals surface area contributed by atoms with E-state index in [0.29, 0.717) is 6.04 Å². The highest BCUT2D eigenvalue weighted by molar-refractivity contribution is 4.72. The van der Waals surface area contributed by atoms with Crippen molar-refractivity contribution >= 4 is 0 Å². The molecule has 0 aliphatic carbocycles. The van der Waals surface area contributed by atoms with Crippen molar-refractivity contribution in [1.29, 1.82) is 0 Å². The summed E-state index contributed by atoms with van der Waals surface area (Å²) < 4.78 is 0. The van der Waals surface area contributed by atoms with Gasteiger partial charge in [-0.25, -0.2) is 0 Å². The molecule has 1 rings (SSSR count). The number of hydrogen-bond donors (Lipinski definition) is 4. The van der Waals surface area contributed by atoms with Gasteiger partial charge in [0.1, 0.15) is 0 Å². The largest absolute Gasteiger partial charge is 0.314 e. The summed E-state index contributed by atoms with van der Waals surface area (Å²) in [7, 11) is 0. The molecule has 4 nitrogen and oxygen atoms in total. The molecule has 0 spiro atoms. The fourth-order valence-corrected chi connectivity index (χ4v) is 2.87. The van der Waals surface area contributed by atoms with Crippen LogP contribution in [0.2, 0.25) is 0 Å². The van der Waals surface area contributed by atoms with Crippen LogP contribution in [-0.4, -0.2) is 51.9 Å². The molecule has 0 aromatic heterocycles. The Bertz CT molecular complexity index is 199. The number of rotatable bonds is 8. The van der Waals surface area contributed by atoms with Crippen molar-refractivity contribution in [3.8, 4) is 0 Å². The van der Waals surface area contributed by atoms with Crippen molar-refractivity contribution < 1.29 is 0 Å². The van der Waals surface area contributed by atoms with Crippen LogP contribution in [0.1, 0.15) is 58.3 Å². The molecule has 0 aromatic carbocycles. The molecule has 4 N–H and O–H groups in total. The third-order valence-electron chi connectivity index (χ3n) is 4.24. The van der Waals surface area contributed by atoms with Crippen LogP contribution >= 0.6 is 0 Å². The Kier molecular flexibility index (Phi) is 13.3. The zero-order chi connectivity index (χ0) is 15.0. The average Bonchev–Trinajstić information content (AvgIpc) is 2.48. The van der Waals surface area contributed by atoms with Crippen LogP contribution in [0.3, 0.4) is 0 Å². The first-order valence-electron chi connectivity index (χ1n) is 9.29. The third kappa shape index (κ3) is 12.1. The second-order valence-electron chi connectivity index (χ2n) is 6.27. The van der Waals surface area contributed by atoms with Crippen LogP contribution in [0.5, 0.6) is 0 Å². The van der Waals surface area contributed by atoms with Gasteiger partial charge in [-0.05, 0) is 6.42 Å². The molecule has 0 bridgehead atoms. The van der Waals surface area contributed by atoms with Gasteiger partial charge in [0.05, 0.1) is 0 Å². The quantitative estimate of drug-likeness (QED) is 0.517. The number of nitrogens with one attached hydrogen (secondary N) is 4. The van der Waals surface area contributed by atoms with E-state index in [9.17, 15) is 0 Å². The minimum Gasteiger partial charge on any atom is -0.314 e. The molecule has 0 radical (unpaired) electrons. The molecular formula is C17H38N4. The molecule has 1 saturated heterocycles. The zero-order valence-electron chi connectivity index (χ0n) is 14.2. The van der Waals surface area contributed by atoms with E-state index in [2.05, 4.69) is 28.2 Å². The normalized spacial score (nSPS) is 22.4. The number of unbranched alkanes of at least 4 members (excludes halogenated alkanes) is 6. The Balaban J connectivity index is 2.05. The molecule has 1 unspecified atom stereocenters. The van der Waals surface area contributed by atoms with Crippen LogP contribution in [0.4, 0.5) is 0 Å². The minimum atomic E-state index is 0.641. The molecule has 126 valence electrons. The summed E-state index contributed by atoms with van der Waals surface area (Å²) in [6.45, 7) is 9.86. The SMILES string of the molecule is CCCCCCCCCC1CNCCNCCNCCN1. The van der Waals surface area contributed by atoms with Gasteiger partial charge in [-0.2, -0.15) is 0 Å². The first kappa shape index (κ1) is 18.9. The highest BCUT2D eigenvalue weighted by Crippen LogP contribution is 2.09. The van der Waals surface area contributed by atoms with Crippen molar-refractivity contribution in [2.75, 3.05) is 45.8 Å². The molecule has 1 fully saturated rings. The van der Waals surface area contributed by atoms with E-state index < -0.39 is 0 Å². The molecule has 4 heteroatoms. The molecule has 0 amide bonds. The lowest BCUT2D eigenvalue weighted by atomic mass is 10.0. The monoisotopic (exact) mass is 298 g/mol. The Morgan fingerprint density at radius 3 is 1.95 bits per heavy atom. The van der Waals surface area contributed by atoms with Crippen LogP contribution in [-0.2, 0) is 0 Å². The second kappa shape index (κ2) is 14.8. The fraction of sp³-hybridized carbons (Fsp3) is 1.00. The third-order valence-corrected chi connectivity index (χ3v) is 4.24. The van der Waals surface area contributed by atoms with Gasteiger partial charge in [0, 0.05) is 51.9 Å². The smallest absolute Gasteiger partial charge is 0.0193 e. The maximum absolute atomic E-state index is 3.70. The van der Waals surface area contributed by atoms with E-state index in [1.807, 2.05) is 0 Å². The van der Waals surface area contributed by atoms with Gasteiger partial charge >= 0.3 is 0 Å².